The lowest BCUT2D eigenvalue weighted by atomic mass is 9.95. The first kappa shape index (κ1) is 27.9. The Hall–Kier alpha value is -3.14. The summed E-state index contributed by atoms with van der Waals surface area (Å²) in [6, 6.07) is 28.4. The number of ether oxygens (including phenoxy) is 5. The van der Waals surface area contributed by atoms with Crippen molar-refractivity contribution in [3.8, 4) is 0 Å². The predicted molar refractivity (Wildman–Crippen MR) is 137 cm³/mol. The second kappa shape index (κ2) is 14.1. The van der Waals surface area contributed by atoms with Crippen LogP contribution in [0.25, 0.3) is 0 Å². The van der Waals surface area contributed by atoms with Gasteiger partial charge in [-0.2, -0.15) is 0 Å². The smallest absolute Gasteiger partial charge is 0.302 e. The van der Waals surface area contributed by atoms with Crippen molar-refractivity contribution < 1.29 is 38.0 Å². The molecule has 0 spiro atoms. The molecule has 0 aliphatic carbocycles. The molecule has 1 aliphatic rings. The van der Waals surface area contributed by atoms with Crippen LogP contribution in [0.2, 0.25) is 0 Å². The minimum Gasteiger partial charge on any atom is -0.463 e. The lowest BCUT2D eigenvalue weighted by Crippen LogP contribution is -2.62. The van der Waals surface area contributed by atoms with E-state index in [2.05, 4.69) is 0 Å². The first-order chi connectivity index (χ1) is 18.5. The van der Waals surface area contributed by atoms with Crippen LogP contribution >= 0.6 is 0 Å². The number of aliphatic hydroxyl groups excluding tert-OH is 1. The summed E-state index contributed by atoms with van der Waals surface area (Å²) in [7, 11) is 0. The molecular formula is C30H33FO7. The molecule has 2 unspecified atom stereocenters. The zero-order chi connectivity index (χ0) is 26.7. The number of carbonyl (C=O) groups excluding carboxylic acids is 1. The highest BCUT2D eigenvalue weighted by atomic mass is 19.1. The van der Waals surface area contributed by atoms with E-state index in [1.807, 2.05) is 91.0 Å². The van der Waals surface area contributed by atoms with Gasteiger partial charge in [0.15, 0.2) is 12.5 Å². The molecule has 38 heavy (non-hydrogen) atoms. The van der Waals surface area contributed by atoms with Crippen molar-refractivity contribution in [3.05, 3.63) is 108 Å². The number of hydrogen-bond donors (Lipinski definition) is 1. The summed E-state index contributed by atoms with van der Waals surface area (Å²) in [4.78, 5) is 11.3. The highest BCUT2D eigenvalue weighted by Crippen LogP contribution is 2.32. The number of esters is 1. The number of aliphatic hydroxyl groups is 1. The van der Waals surface area contributed by atoms with Crippen molar-refractivity contribution in [3.63, 3.8) is 0 Å². The molecule has 202 valence electrons. The van der Waals surface area contributed by atoms with Crippen LogP contribution in [0.1, 0.15) is 23.6 Å². The van der Waals surface area contributed by atoms with Crippen LogP contribution in [0.4, 0.5) is 4.39 Å². The monoisotopic (exact) mass is 524 g/mol. The molecule has 0 aromatic heterocycles. The molecule has 6 atom stereocenters. The average Bonchev–Trinajstić information content (AvgIpc) is 2.95. The van der Waals surface area contributed by atoms with E-state index in [0.717, 1.165) is 16.7 Å². The van der Waals surface area contributed by atoms with E-state index in [0.29, 0.717) is 0 Å². The molecule has 3 aromatic rings. The van der Waals surface area contributed by atoms with Gasteiger partial charge in [0.1, 0.15) is 31.0 Å². The maximum Gasteiger partial charge on any atom is 0.302 e. The van der Waals surface area contributed by atoms with Crippen LogP contribution in [0.15, 0.2) is 91.0 Å². The fraction of sp³-hybridized carbons (Fsp3) is 0.367. The molecule has 1 saturated heterocycles. The quantitative estimate of drug-likeness (QED) is 0.353. The van der Waals surface area contributed by atoms with E-state index in [1.54, 1.807) is 0 Å². The van der Waals surface area contributed by atoms with Gasteiger partial charge in [-0.3, -0.25) is 4.79 Å². The van der Waals surface area contributed by atoms with Gasteiger partial charge in [0.25, 0.3) is 0 Å². The van der Waals surface area contributed by atoms with Gasteiger partial charge >= 0.3 is 5.97 Å². The van der Waals surface area contributed by atoms with E-state index in [4.69, 9.17) is 23.7 Å². The van der Waals surface area contributed by atoms with E-state index < -0.39 is 49.5 Å². The van der Waals surface area contributed by atoms with Crippen LogP contribution in [0.5, 0.6) is 0 Å². The fourth-order valence-corrected chi connectivity index (χ4v) is 4.29. The number of halogens is 1. The van der Waals surface area contributed by atoms with Gasteiger partial charge in [0.05, 0.1) is 19.8 Å². The van der Waals surface area contributed by atoms with Crippen molar-refractivity contribution in [2.75, 3.05) is 6.61 Å². The van der Waals surface area contributed by atoms with Gasteiger partial charge in [-0.25, -0.2) is 4.39 Å². The molecule has 3 aromatic carbocycles. The Morgan fingerprint density at radius 2 is 1.18 bits per heavy atom. The van der Waals surface area contributed by atoms with Crippen molar-refractivity contribution in [1.29, 1.82) is 0 Å². The van der Waals surface area contributed by atoms with Crippen molar-refractivity contribution in [2.45, 2.75) is 63.6 Å². The van der Waals surface area contributed by atoms with Crippen molar-refractivity contribution in [2.24, 2.45) is 0 Å². The zero-order valence-electron chi connectivity index (χ0n) is 21.2. The Bertz CT molecular complexity index is 1100. The minimum atomic E-state index is -1.77. The largest absolute Gasteiger partial charge is 0.463 e. The second-order valence-corrected chi connectivity index (χ2v) is 9.09. The SMILES string of the molecule is CC(=O)OCC(F)[C@H]1OC(O)[C@@H](OCc2ccccc2)[C@@H](OCc2ccccc2)[C@@H]1OCc1ccccc1. The van der Waals surface area contributed by atoms with Gasteiger partial charge < -0.3 is 28.8 Å². The molecule has 0 saturated carbocycles. The summed E-state index contributed by atoms with van der Waals surface area (Å²) in [5.74, 6) is -0.619. The number of hydrogen-bond acceptors (Lipinski definition) is 7. The third kappa shape index (κ3) is 7.93. The maximum absolute atomic E-state index is 15.4. The topological polar surface area (TPSA) is 83.5 Å². The predicted octanol–water partition coefficient (Wildman–Crippen LogP) is 4.36. The maximum atomic E-state index is 15.4. The summed E-state index contributed by atoms with van der Waals surface area (Å²) < 4.78 is 44.6. The molecular weight excluding hydrogens is 491 g/mol. The van der Waals surface area contributed by atoms with Crippen molar-refractivity contribution >= 4 is 5.97 Å². The van der Waals surface area contributed by atoms with Crippen LogP contribution in [-0.4, -0.2) is 54.6 Å². The number of alkyl halides is 1. The third-order valence-corrected chi connectivity index (χ3v) is 6.21. The molecule has 1 N–H and O–H groups in total. The molecule has 1 heterocycles. The second-order valence-electron chi connectivity index (χ2n) is 9.09. The Morgan fingerprint density at radius 1 is 0.763 bits per heavy atom. The normalized spacial score (nSPS) is 24.0. The molecule has 8 heteroatoms. The highest BCUT2D eigenvalue weighted by molar-refractivity contribution is 5.65. The van der Waals surface area contributed by atoms with Gasteiger partial charge in [-0.05, 0) is 16.7 Å². The Balaban J connectivity index is 1.59. The molecule has 4 rings (SSSR count). The summed E-state index contributed by atoms with van der Waals surface area (Å²) in [5.41, 5.74) is 2.66. The summed E-state index contributed by atoms with van der Waals surface area (Å²) in [5, 5.41) is 11.0. The molecule has 0 radical (unpaired) electrons. The Morgan fingerprint density at radius 3 is 1.63 bits per heavy atom. The first-order valence-electron chi connectivity index (χ1n) is 12.6. The number of rotatable bonds is 12. The van der Waals surface area contributed by atoms with Crippen LogP contribution in [-0.2, 0) is 48.3 Å². The van der Waals surface area contributed by atoms with Crippen LogP contribution in [0.3, 0.4) is 0 Å². The summed E-state index contributed by atoms with van der Waals surface area (Å²) in [6.07, 6.45) is -7.40. The molecule has 1 aliphatic heterocycles. The Labute approximate surface area is 222 Å². The van der Waals surface area contributed by atoms with Gasteiger partial charge in [0, 0.05) is 6.92 Å². The molecule has 0 bridgehead atoms. The summed E-state index contributed by atoms with van der Waals surface area (Å²) >= 11 is 0. The van der Waals surface area contributed by atoms with Gasteiger partial charge in [-0.15, -0.1) is 0 Å². The Kier molecular flexibility index (Phi) is 10.4. The lowest BCUT2D eigenvalue weighted by molar-refractivity contribution is -0.321. The molecule has 7 nitrogen and oxygen atoms in total. The van der Waals surface area contributed by atoms with E-state index in [9.17, 15) is 9.90 Å². The first-order valence-corrected chi connectivity index (χ1v) is 12.6. The molecule has 1 fully saturated rings. The van der Waals surface area contributed by atoms with Gasteiger partial charge in [-0.1, -0.05) is 91.0 Å². The highest BCUT2D eigenvalue weighted by Gasteiger charge is 2.51. The number of benzene rings is 3. The van der Waals surface area contributed by atoms with Crippen molar-refractivity contribution in [1.82, 2.24) is 0 Å². The lowest BCUT2D eigenvalue weighted by Gasteiger charge is -2.45. The standard InChI is InChI=1S/C30H33FO7/c1-21(32)34-20-25(31)26-27(35-17-22-11-5-2-6-12-22)28(36-18-23-13-7-3-8-14-23)29(30(33)38-26)37-19-24-15-9-4-10-16-24/h2-16,25-30,33H,17-20H2,1H3/t25?,26-,27-,28+,29+,30?/m1/s1. The fourth-order valence-electron chi connectivity index (χ4n) is 4.29. The van der Waals surface area contributed by atoms with Crippen LogP contribution < -0.4 is 0 Å². The van der Waals surface area contributed by atoms with Gasteiger partial charge in [0.2, 0.25) is 0 Å². The summed E-state index contributed by atoms with van der Waals surface area (Å²) in [6.45, 7) is 1.17. The van der Waals surface area contributed by atoms with E-state index in [1.165, 1.54) is 6.92 Å². The number of carbonyl (C=O) groups is 1. The van der Waals surface area contributed by atoms with E-state index >= 15 is 4.39 Å². The average molecular weight is 525 g/mol. The van der Waals surface area contributed by atoms with Crippen LogP contribution in [0, 0.1) is 0 Å². The minimum absolute atomic E-state index is 0.151. The zero-order valence-corrected chi connectivity index (χ0v) is 21.2. The van der Waals surface area contributed by atoms with E-state index in [-0.39, 0.29) is 19.8 Å². The molecule has 0 amide bonds. The third-order valence-electron chi connectivity index (χ3n) is 6.21.